The van der Waals surface area contributed by atoms with Gasteiger partial charge in [0, 0.05) is 0 Å². The summed E-state index contributed by atoms with van der Waals surface area (Å²) in [5.41, 5.74) is 1.23. The molecule has 1 rings (SSSR count). The van der Waals surface area contributed by atoms with Gasteiger partial charge in [0.1, 0.15) is 0 Å². The standard InChI is InChI=1S/C11H14Cl2O2/c1-2-10(15)8-5-3-4-6-9(8)11(12,13)7-14/h3-6,10,14-15H,2,7H2,1H3. The molecule has 4 heteroatoms. The van der Waals surface area contributed by atoms with Gasteiger partial charge in [-0.2, -0.15) is 0 Å². The van der Waals surface area contributed by atoms with E-state index in [1.807, 2.05) is 6.92 Å². The molecule has 0 fully saturated rings. The molecule has 0 bridgehead atoms. The van der Waals surface area contributed by atoms with Crippen LogP contribution in [0.15, 0.2) is 24.3 Å². The SMILES string of the molecule is CCC(O)c1ccccc1C(Cl)(Cl)CO. The quantitative estimate of drug-likeness (QED) is 0.805. The molecule has 0 radical (unpaired) electrons. The van der Waals surface area contributed by atoms with Gasteiger partial charge in [-0.3, -0.25) is 0 Å². The smallest absolute Gasteiger partial charge is 0.166 e. The summed E-state index contributed by atoms with van der Waals surface area (Å²) in [6.07, 6.45) is -0.0311. The molecule has 15 heavy (non-hydrogen) atoms. The van der Waals surface area contributed by atoms with Crippen molar-refractivity contribution in [3.63, 3.8) is 0 Å². The van der Waals surface area contributed by atoms with E-state index in [1.165, 1.54) is 0 Å². The Kier molecular flexibility index (Phi) is 4.41. The average molecular weight is 249 g/mol. The van der Waals surface area contributed by atoms with E-state index < -0.39 is 10.4 Å². The maximum absolute atomic E-state index is 9.77. The van der Waals surface area contributed by atoms with Crippen LogP contribution in [-0.2, 0) is 4.33 Å². The van der Waals surface area contributed by atoms with Crippen LogP contribution in [-0.4, -0.2) is 16.8 Å². The van der Waals surface area contributed by atoms with Crippen LogP contribution in [0.1, 0.15) is 30.6 Å². The molecule has 0 aromatic heterocycles. The normalized spacial score (nSPS) is 13.9. The Morgan fingerprint density at radius 3 is 2.47 bits per heavy atom. The fourth-order valence-electron chi connectivity index (χ4n) is 1.43. The summed E-state index contributed by atoms with van der Waals surface area (Å²) in [6.45, 7) is 1.48. The molecule has 0 aliphatic carbocycles. The van der Waals surface area contributed by atoms with Gasteiger partial charge in [0.25, 0.3) is 0 Å². The molecular weight excluding hydrogens is 235 g/mol. The van der Waals surface area contributed by atoms with Gasteiger partial charge in [0.15, 0.2) is 4.33 Å². The third-order valence-corrected chi connectivity index (χ3v) is 2.95. The van der Waals surface area contributed by atoms with Crippen molar-refractivity contribution < 1.29 is 10.2 Å². The second-order valence-corrected chi connectivity index (χ2v) is 4.86. The lowest BCUT2D eigenvalue weighted by Crippen LogP contribution is -2.19. The van der Waals surface area contributed by atoms with E-state index >= 15 is 0 Å². The third kappa shape index (κ3) is 2.85. The minimum atomic E-state index is -1.35. The van der Waals surface area contributed by atoms with Gasteiger partial charge in [0.2, 0.25) is 0 Å². The van der Waals surface area contributed by atoms with Crippen molar-refractivity contribution in [3.8, 4) is 0 Å². The summed E-state index contributed by atoms with van der Waals surface area (Å²) in [5, 5.41) is 18.9. The van der Waals surface area contributed by atoms with E-state index in [0.29, 0.717) is 17.5 Å². The van der Waals surface area contributed by atoms with Crippen molar-refractivity contribution in [2.75, 3.05) is 6.61 Å². The van der Waals surface area contributed by atoms with E-state index in [-0.39, 0.29) is 6.61 Å². The number of rotatable bonds is 4. The Balaban J connectivity index is 3.17. The van der Waals surface area contributed by atoms with Crippen LogP contribution in [0.2, 0.25) is 0 Å². The van der Waals surface area contributed by atoms with E-state index in [4.69, 9.17) is 28.3 Å². The molecule has 2 nitrogen and oxygen atoms in total. The zero-order chi connectivity index (χ0) is 11.5. The first-order valence-corrected chi connectivity index (χ1v) is 5.54. The molecule has 84 valence electrons. The summed E-state index contributed by atoms with van der Waals surface area (Å²) in [4.78, 5) is 0. The second kappa shape index (κ2) is 5.17. The van der Waals surface area contributed by atoms with Gasteiger partial charge in [-0.05, 0) is 17.5 Å². The molecule has 0 saturated heterocycles. The molecule has 1 aromatic carbocycles. The molecule has 2 N–H and O–H groups in total. The maximum Gasteiger partial charge on any atom is 0.166 e. The lowest BCUT2D eigenvalue weighted by molar-refractivity contribution is 0.171. The van der Waals surface area contributed by atoms with Crippen LogP contribution in [0.25, 0.3) is 0 Å². The van der Waals surface area contributed by atoms with Gasteiger partial charge in [-0.15, -0.1) is 0 Å². The fraction of sp³-hybridized carbons (Fsp3) is 0.455. The molecule has 0 amide bonds. The van der Waals surface area contributed by atoms with Gasteiger partial charge >= 0.3 is 0 Å². The Labute approximate surface area is 99.5 Å². The Hall–Kier alpha value is -0.280. The van der Waals surface area contributed by atoms with Crippen LogP contribution in [0.4, 0.5) is 0 Å². The van der Waals surface area contributed by atoms with Crippen molar-refractivity contribution in [2.24, 2.45) is 0 Å². The van der Waals surface area contributed by atoms with Crippen molar-refractivity contribution in [2.45, 2.75) is 23.8 Å². The molecule has 1 atom stereocenters. The molecule has 0 aliphatic heterocycles. The first-order valence-electron chi connectivity index (χ1n) is 4.79. The van der Waals surface area contributed by atoms with E-state index in [2.05, 4.69) is 0 Å². The first kappa shape index (κ1) is 12.8. The number of halogens is 2. The average Bonchev–Trinajstić information content (AvgIpc) is 2.28. The topological polar surface area (TPSA) is 40.5 Å². The highest BCUT2D eigenvalue weighted by atomic mass is 35.5. The lowest BCUT2D eigenvalue weighted by atomic mass is 9.98. The minimum absolute atomic E-state index is 0.385. The van der Waals surface area contributed by atoms with Crippen LogP contribution >= 0.6 is 23.2 Å². The van der Waals surface area contributed by atoms with E-state index in [0.717, 1.165) is 0 Å². The van der Waals surface area contributed by atoms with Crippen molar-refractivity contribution in [1.29, 1.82) is 0 Å². The number of aliphatic hydroxyl groups is 2. The fourth-order valence-corrected chi connectivity index (χ4v) is 1.77. The number of hydrogen-bond donors (Lipinski definition) is 2. The molecule has 0 heterocycles. The van der Waals surface area contributed by atoms with Crippen LogP contribution in [0, 0.1) is 0 Å². The predicted octanol–water partition coefficient (Wildman–Crippen LogP) is 2.75. The molecule has 0 aliphatic rings. The maximum atomic E-state index is 9.77. The number of benzene rings is 1. The second-order valence-electron chi connectivity index (χ2n) is 3.37. The molecule has 1 unspecified atom stereocenters. The van der Waals surface area contributed by atoms with Crippen molar-refractivity contribution in [1.82, 2.24) is 0 Å². The molecule has 0 spiro atoms. The summed E-state index contributed by atoms with van der Waals surface area (Å²) in [7, 11) is 0. The summed E-state index contributed by atoms with van der Waals surface area (Å²) in [5.74, 6) is 0. The first-order chi connectivity index (χ1) is 7.03. The summed E-state index contributed by atoms with van der Waals surface area (Å²) in [6, 6.07) is 7.05. The van der Waals surface area contributed by atoms with Gasteiger partial charge in [-0.25, -0.2) is 0 Å². The largest absolute Gasteiger partial charge is 0.393 e. The number of hydrogen-bond acceptors (Lipinski definition) is 2. The highest BCUT2D eigenvalue weighted by Crippen LogP contribution is 2.37. The Bertz CT molecular complexity index is 326. The zero-order valence-electron chi connectivity index (χ0n) is 8.45. The predicted molar refractivity (Wildman–Crippen MR) is 62.2 cm³/mol. The Morgan fingerprint density at radius 2 is 1.93 bits per heavy atom. The molecular formula is C11H14Cl2O2. The van der Waals surface area contributed by atoms with Crippen LogP contribution in [0.5, 0.6) is 0 Å². The third-order valence-electron chi connectivity index (χ3n) is 2.30. The summed E-state index contributed by atoms with van der Waals surface area (Å²) >= 11 is 11.9. The zero-order valence-corrected chi connectivity index (χ0v) is 9.96. The van der Waals surface area contributed by atoms with Gasteiger partial charge in [0.05, 0.1) is 12.7 Å². The van der Waals surface area contributed by atoms with E-state index in [1.54, 1.807) is 24.3 Å². The van der Waals surface area contributed by atoms with Crippen molar-refractivity contribution in [3.05, 3.63) is 35.4 Å². The number of aliphatic hydroxyl groups excluding tert-OH is 2. The number of alkyl halides is 2. The van der Waals surface area contributed by atoms with Crippen molar-refractivity contribution >= 4 is 23.2 Å². The molecule has 1 aromatic rings. The monoisotopic (exact) mass is 248 g/mol. The highest BCUT2D eigenvalue weighted by molar-refractivity contribution is 6.48. The van der Waals surface area contributed by atoms with Gasteiger partial charge < -0.3 is 10.2 Å². The van der Waals surface area contributed by atoms with Crippen LogP contribution in [0.3, 0.4) is 0 Å². The van der Waals surface area contributed by atoms with E-state index in [9.17, 15) is 5.11 Å². The minimum Gasteiger partial charge on any atom is -0.393 e. The summed E-state index contributed by atoms with van der Waals surface area (Å²) < 4.78 is -1.35. The van der Waals surface area contributed by atoms with Crippen LogP contribution < -0.4 is 0 Å². The van der Waals surface area contributed by atoms with Gasteiger partial charge in [-0.1, -0.05) is 54.4 Å². The highest BCUT2D eigenvalue weighted by Gasteiger charge is 2.29. The molecule has 0 saturated carbocycles. The lowest BCUT2D eigenvalue weighted by Gasteiger charge is -2.22. The Morgan fingerprint density at radius 1 is 1.33 bits per heavy atom.